The van der Waals surface area contributed by atoms with E-state index in [0.29, 0.717) is 18.0 Å². The van der Waals surface area contributed by atoms with Gasteiger partial charge in [-0.1, -0.05) is 0 Å². The van der Waals surface area contributed by atoms with E-state index >= 15 is 0 Å². The Labute approximate surface area is 142 Å². The zero-order valence-electron chi connectivity index (χ0n) is 13.0. The lowest BCUT2D eigenvalue weighted by atomic mass is 10.2. The Morgan fingerprint density at radius 2 is 2.12 bits per heavy atom. The van der Waals surface area contributed by atoms with E-state index in [2.05, 4.69) is 4.98 Å². The SMILES string of the molecule is CN(C(=N)N)C(=O)c1cc2ccc(Oc3ccc(CN)s3)cc2[nH]1. The van der Waals surface area contributed by atoms with Gasteiger partial charge in [-0.05, 0) is 30.3 Å². The molecule has 0 aliphatic carbocycles. The van der Waals surface area contributed by atoms with Crippen LogP contribution in [-0.2, 0) is 6.54 Å². The molecular formula is C16H17N5O2S. The van der Waals surface area contributed by atoms with E-state index < -0.39 is 0 Å². The number of benzene rings is 1. The van der Waals surface area contributed by atoms with Crippen LogP contribution in [0.15, 0.2) is 36.4 Å². The van der Waals surface area contributed by atoms with E-state index in [4.69, 9.17) is 21.6 Å². The predicted molar refractivity (Wildman–Crippen MR) is 94.6 cm³/mol. The maximum Gasteiger partial charge on any atom is 0.276 e. The van der Waals surface area contributed by atoms with Crippen LogP contribution in [0.3, 0.4) is 0 Å². The number of thiophene rings is 1. The molecule has 0 saturated heterocycles. The van der Waals surface area contributed by atoms with E-state index in [1.165, 1.54) is 18.4 Å². The number of fused-ring (bicyclic) bond motifs is 1. The number of ether oxygens (including phenoxy) is 1. The fourth-order valence-electron chi connectivity index (χ4n) is 2.21. The number of rotatable bonds is 4. The lowest BCUT2D eigenvalue weighted by Gasteiger charge is -2.12. The number of nitrogens with zero attached hydrogens (tertiary/aromatic N) is 1. The highest BCUT2D eigenvalue weighted by Gasteiger charge is 2.16. The normalized spacial score (nSPS) is 10.8. The highest BCUT2D eigenvalue weighted by Crippen LogP contribution is 2.31. The number of amides is 1. The van der Waals surface area contributed by atoms with Crippen LogP contribution >= 0.6 is 11.3 Å². The van der Waals surface area contributed by atoms with Crippen LogP contribution in [0, 0.1) is 5.41 Å². The summed E-state index contributed by atoms with van der Waals surface area (Å²) in [6.07, 6.45) is 0. The molecule has 7 nitrogen and oxygen atoms in total. The summed E-state index contributed by atoms with van der Waals surface area (Å²) < 4.78 is 5.82. The van der Waals surface area contributed by atoms with Gasteiger partial charge in [-0.15, -0.1) is 11.3 Å². The van der Waals surface area contributed by atoms with Gasteiger partial charge in [0.1, 0.15) is 11.4 Å². The molecule has 3 rings (SSSR count). The van der Waals surface area contributed by atoms with Gasteiger partial charge in [0, 0.05) is 35.4 Å². The molecule has 0 atom stereocenters. The topological polar surface area (TPSA) is 121 Å². The summed E-state index contributed by atoms with van der Waals surface area (Å²) in [4.78, 5) is 17.4. The Morgan fingerprint density at radius 3 is 2.79 bits per heavy atom. The van der Waals surface area contributed by atoms with Gasteiger partial charge in [0.15, 0.2) is 11.0 Å². The van der Waals surface area contributed by atoms with Gasteiger partial charge < -0.3 is 21.2 Å². The van der Waals surface area contributed by atoms with Crippen molar-refractivity contribution in [2.45, 2.75) is 6.54 Å². The van der Waals surface area contributed by atoms with Gasteiger partial charge in [-0.25, -0.2) is 0 Å². The molecule has 0 aliphatic heterocycles. The van der Waals surface area contributed by atoms with Crippen molar-refractivity contribution in [3.8, 4) is 10.8 Å². The number of hydrogen-bond acceptors (Lipinski definition) is 5. The average Bonchev–Trinajstić information content (AvgIpc) is 3.19. The number of nitrogens with two attached hydrogens (primary N) is 2. The van der Waals surface area contributed by atoms with Gasteiger partial charge in [-0.2, -0.15) is 0 Å². The van der Waals surface area contributed by atoms with Crippen LogP contribution in [0.4, 0.5) is 0 Å². The van der Waals surface area contributed by atoms with Gasteiger partial charge in [0.2, 0.25) is 0 Å². The van der Waals surface area contributed by atoms with Crippen LogP contribution in [0.1, 0.15) is 15.4 Å². The number of H-pyrrole nitrogens is 1. The monoisotopic (exact) mass is 343 g/mol. The molecule has 3 aromatic rings. The number of carbonyl (C=O) groups excluding carboxylic acids is 1. The van der Waals surface area contributed by atoms with Crippen molar-refractivity contribution in [3.63, 3.8) is 0 Å². The Bertz CT molecular complexity index is 914. The minimum Gasteiger partial charge on any atom is -0.447 e. The van der Waals surface area contributed by atoms with Crippen LogP contribution in [0.2, 0.25) is 0 Å². The van der Waals surface area contributed by atoms with Crippen LogP contribution in [0.5, 0.6) is 10.8 Å². The molecule has 2 heterocycles. The van der Waals surface area contributed by atoms with E-state index in [9.17, 15) is 4.79 Å². The minimum absolute atomic E-state index is 0.309. The summed E-state index contributed by atoms with van der Waals surface area (Å²) in [5, 5.41) is 8.96. The van der Waals surface area contributed by atoms with E-state index in [1.54, 1.807) is 6.07 Å². The Balaban J connectivity index is 1.86. The molecule has 6 N–H and O–H groups in total. The second kappa shape index (κ2) is 6.34. The zero-order valence-corrected chi connectivity index (χ0v) is 13.8. The Morgan fingerprint density at radius 1 is 1.33 bits per heavy atom. The second-order valence-corrected chi connectivity index (χ2v) is 6.34. The Hall–Kier alpha value is -2.84. The van der Waals surface area contributed by atoms with Crippen molar-refractivity contribution in [2.75, 3.05) is 7.05 Å². The first-order valence-corrected chi connectivity index (χ1v) is 8.01. The standard InChI is InChI=1S/C16H17N5O2S/c1-21(16(18)19)15(22)13-6-9-2-3-10(7-12(9)20-13)23-14-5-4-11(8-17)24-14/h2-7,20H,8,17H2,1H3,(H3,18,19). The summed E-state index contributed by atoms with van der Waals surface area (Å²) >= 11 is 1.49. The third kappa shape index (κ3) is 3.10. The van der Waals surface area contributed by atoms with Crippen LogP contribution in [-0.4, -0.2) is 28.8 Å². The van der Waals surface area contributed by atoms with Crippen molar-refractivity contribution in [1.29, 1.82) is 5.41 Å². The fraction of sp³-hybridized carbons (Fsp3) is 0.125. The number of nitrogens with one attached hydrogen (secondary N) is 2. The largest absolute Gasteiger partial charge is 0.447 e. The molecule has 1 aromatic carbocycles. The molecule has 0 unspecified atom stereocenters. The lowest BCUT2D eigenvalue weighted by molar-refractivity contribution is 0.0864. The molecule has 124 valence electrons. The number of hydrogen-bond donors (Lipinski definition) is 4. The third-order valence-electron chi connectivity index (χ3n) is 3.55. The number of guanidine groups is 1. The summed E-state index contributed by atoms with van der Waals surface area (Å²) in [5.74, 6) is -0.0169. The second-order valence-electron chi connectivity index (χ2n) is 5.21. The molecule has 0 aliphatic rings. The summed E-state index contributed by atoms with van der Waals surface area (Å²) in [6.45, 7) is 0.485. The minimum atomic E-state index is -0.369. The highest BCUT2D eigenvalue weighted by atomic mass is 32.1. The molecule has 1 amide bonds. The van der Waals surface area contributed by atoms with Crippen molar-refractivity contribution in [2.24, 2.45) is 11.5 Å². The van der Waals surface area contributed by atoms with Gasteiger partial charge in [0.25, 0.3) is 5.91 Å². The van der Waals surface area contributed by atoms with Crippen molar-refractivity contribution < 1.29 is 9.53 Å². The van der Waals surface area contributed by atoms with Gasteiger partial charge >= 0.3 is 0 Å². The van der Waals surface area contributed by atoms with Crippen molar-refractivity contribution in [1.82, 2.24) is 9.88 Å². The molecule has 24 heavy (non-hydrogen) atoms. The van der Waals surface area contributed by atoms with Gasteiger partial charge in [0.05, 0.1) is 0 Å². The lowest BCUT2D eigenvalue weighted by Crippen LogP contribution is -2.38. The van der Waals surface area contributed by atoms with Crippen molar-refractivity contribution in [3.05, 3.63) is 47.0 Å². The number of aromatic nitrogens is 1. The van der Waals surface area contributed by atoms with E-state index in [-0.39, 0.29) is 11.9 Å². The number of carbonyl (C=O) groups is 1. The number of aromatic amines is 1. The Kier molecular flexibility index (Phi) is 4.24. The molecule has 0 bridgehead atoms. The zero-order chi connectivity index (χ0) is 17.3. The third-order valence-corrected chi connectivity index (χ3v) is 4.53. The summed E-state index contributed by atoms with van der Waals surface area (Å²) in [6, 6.07) is 11.1. The smallest absolute Gasteiger partial charge is 0.276 e. The predicted octanol–water partition coefficient (Wildman–Crippen LogP) is 2.45. The first-order chi connectivity index (χ1) is 11.5. The van der Waals surface area contributed by atoms with E-state index in [1.807, 2.05) is 30.3 Å². The van der Waals surface area contributed by atoms with Crippen molar-refractivity contribution >= 4 is 34.1 Å². The molecule has 8 heteroatoms. The molecular weight excluding hydrogens is 326 g/mol. The van der Waals surface area contributed by atoms with Crippen LogP contribution in [0.25, 0.3) is 10.9 Å². The fourth-order valence-corrected chi connectivity index (χ4v) is 2.97. The first kappa shape index (κ1) is 16.0. The van der Waals surface area contributed by atoms with Gasteiger partial charge in [-0.3, -0.25) is 15.1 Å². The van der Waals surface area contributed by atoms with E-state index in [0.717, 1.165) is 25.7 Å². The average molecular weight is 343 g/mol. The first-order valence-electron chi connectivity index (χ1n) is 7.19. The highest BCUT2D eigenvalue weighted by molar-refractivity contribution is 7.13. The molecule has 0 fully saturated rings. The quantitative estimate of drug-likeness (QED) is 0.429. The summed E-state index contributed by atoms with van der Waals surface area (Å²) in [7, 11) is 1.45. The summed E-state index contributed by atoms with van der Waals surface area (Å²) in [5.41, 5.74) is 12.1. The van der Waals surface area contributed by atoms with Crippen LogP contribution < -0.4 is 16.2 Å². The molecule has 2 aromatic heterocycles. The molecule has 0 radical (unpaired) electrons. The maximum absolute atomic E-state index is 12.2. The maximum atomic E-state index is 12.2. The molecule has 0 saturated carbocycles. The molecule has 0 spiro atoms.